The SMILES string of the molecule is CC(=O)O[C@@H]1CC[C@@]2(C)C(CC[C@]3(C)C2C=CC2=C4CC(C)(C)CC[C@]4(C(=O)O)CC[C@]23C)C1(C)C. The summed E-state index contributed by atoms with van der Waals surface area (Å²) in [4.78, 5) is 24.7. The van der Waals surface area contributed by atoms with Gasteiger partial charge in [-0.2, -0.15) is 0 Å². The normalized spacial score (nSPS) is 46.6. The Balaban J connectivity index is 1.62. The van der Waals surface area contributed by atoms with Crippen molar-refractivity contribution in [3.8, 4) is 0 Å². The molecule has 3 fully saturated rings. The first-order valence-corrected chi connectivity index (χ1v) is 14.4. The van der Waals surface area contributed by atoms with Gasteiger partial charge >= 0.3 is 11.9 Å². The molecular formula is C32H48O4. The number of esters is 1. The minimum Gasteiger partial charge on any atom is -0.481 e. The van der Waals surface area contributed by atoms with Gasteiger partial charge < -0.3 is 9.84 Å². The second kappa shape index (κ2) is 7.73. The van der Waals surface area contributed by atoms with E-state index < -0.39 is 11.4 Å². The Morgan fingerprint density at radius 3 is 2.22 bits per heavy atom. The first-order valence-electron chi connectivity index (χ1n) is 14.4. The molecule has 0 bridgehead atoms. The number of carbonyl (C=O) groups excluding carboxylic acids is 1. The number of hydrogen-bond donors (Lipinski definition) is 1. The molecule has 36 heavy (non-hydrogen) atoms. The topological polar surface area (TPSA) is 63.6 Å². The van der Waals surface area contributed by atoms with Gasteiger partial charge in [-0.15, -0.1) is 0 Å². The van der Waals surface area contributed by atoms with Gasteiger partial charge in [0.15, 0.2) is 0 Å². The maximum atomic E-state index is 12.8. The average molecular weight is 497 g/mol. The van der Waals surface area contributed by atoms with Crippen molar-refractivity contribution in [3.05, 3.63) is 23.3 Å². The maximum Gasteiger partial charge on any atom is 0.313 e. The van der Waals surface area contributed by atoms with Crippen molar-refractivity contribution in [2.45, 2.75) is 119 Å². The molecular weight excluding hydrogens is 448 g/mol. The molecule has 0 radical (unpaired) electrons. The van der Waals surface area contributed by atoms with Crippen molar-refractivity contribution in [1.82, 2.24) is 0 Å². The minimum atomic E-state index is -0.677. The molecule has 0 heterocycles. The Kier molecular flexibility index (Phi) is 5.59. The maximum absolute atomic E-state index is 12.8. The number of carboxylic acid groups (broad SMARTS) is 1. The van der Waals surface area contributed by atoms with Gasteiger partial charge in [-0.3, -0.25) is 9.59 Å². The quantitative estimate of drug-likeness (QED) is 0.397. The average Bonchev–Trinajstić information content (AvgIpc) is 2.75. The second-order valence-electron chi connectivity index (χ2n) is 15.3. The van der Waals surface area contributed by atoms with Gasteiger partial charge in [0.05, 0.1) is 5.41 Å². The molecule has 4 nitrogen and oxygen atoms in total. The second-order valence-corrected chi connectivity index (χ2v) is 15.3. The molecule has 4 heteroatoms. The van der Waals surface area contributed by atoms with E-state index in [1.54, 1.807) is 0 Å². The molecule has 7 atom stereocenters. The Morgan fingerprint density at radius 1 is 0.917 bits per heavy atom. The zero-order valence-electron chi connectivity index (χ0n) is 23.9. The van der Waals surface area contributed by atoms with Crippen LogP contribution in [-0.2, 0) is 14.3 Å². The number of rotatable bonds is 2. The van der Waals surface area contributed by atoms with Gasteiger partial charge in [0.25, 0.3) is 0 Å². The van der Waals surface area contributed by atoms with Crippen molar-refractivity contribution < 1.29 is 19.4 Å². The summed E-state index contributed by atoms with van der Waals surface area (Å²) in [7, 11) is 0. The third kappa shape index (κ3) is 3.24. The van der Waals surface area contributed by atoms with E-state index in [-0.39, 0.29) is 39.1 Å². The highest BCUT2D eigenvalue weighted by atomic mass is 16.5. The zero-order chi connectivity index (χ0) is 26.5. The van der Waals surface area contributed by atoms with Crippen LogP contribution in [0.4, 0.5) is 0 Å². The van der Waals surface area contributed by atoms with Crippen LogP contribution in [0.15, 0.2) is 23.3 Å². The molecule has 0 saturated heterocycles. The fraction of sp³-hybridized carbons (Fsp3) is 0.812. The van der Waals surface area contributed by atoms with Gasteiger partial charge in [0.1, 0.15) is 6.10 Å². The van der Waals surface area contributed by atoms with Crippen LogP contribution in [0.25, 0.3) is 0 Å². The van der Waals surface area contributed by atoms with Crippen LogP contribution in [0.1, 0.15) is 113 Å². The molecule has 0 aliphatic heterocycles. The number of carbonyl (C=O) groups is 2. The standard InChI is InChI=1S/C32H48O4/c1-20(33)36-25-12-13-29(6)23(28(25,4)5)11-14-31(8)24(29)10-9-21-22-19-27(2,3)15-17-32(22,26(34)35)18-16-30(21,31)7/h9-10,23-25H,11-19H2,1-8H3,(H,34,35)/t23?,24?,25-,29+,30-,31-,32+/m1/s1. The first kappa shape index (κ1) is 26.0. The summed E-state index contributed by atoms with van der Waals surface area (Å²) in [5.74, 6) is 0.145. The van der Waals surface area contributed by atoms with Crippen molar-refractivity contribution in [2.24, 2.45) is 44.3 Å². The lowest BCUT2D eigenvalue weighted by Gasteiger charge is -2.69. The molecule has 5 rings (SSSR count). The van der Waals surface area contributed by atoms with Crippen LogP contribution in [-0.4, -0.2) is 23.1 Å². The summed E-state index contributed by atoms with van der Waals surface area (Å²) < 4.78 is 5.86. The number of ether oxygens (including phenoxy) is 1. The lowest BCUT2D eigenvalue weighted by atomic mass is 9.35. The predicted molar refractivity (Wildman–Crippen MR) is 142 cm³/mol. The minimum absolute atomic E-state index is 0.0149. The van der Waals surface area contributed by atoms with E-state index in [1.165, 1.54) is 18.1 Å². The lowest BCUT2D eigenvalue weighted by Crippen LogP contribution is -2.63. The van der Waals surface area contributed by atoms with E-state index in [4.69, 9.17) is 4.74 Å². The lowest BCUT2D eigenvalue weighted by molar-refractivity contribution is -0.198. The highest BCUT2D eigenvalue weighted by Gasteiger charge is 2.67. The molecule has 0 spiro atoms. The summed E-state index contributed by atoms with van der Waals surface area (Å²) >= 11 is 0. The van der Waals surface area contributed by atoms with Gasteiger partial charge in [0, 0.05) is 12.3 Å². The van der Waals surface area contributed by atoms with Crippen molar-refractivity contribution in [3.63, 3.8) is 0 Å². The summed E-state index contributed by atoms with van der Waals surface area (Å²) in [5.41, 5.74) is 2.21. The molecule has 1 N–H and O–H groups in total. The summed E-state index contributed by atoms with van der Waals surface area (Å²) in [6, 6.07) is 0. The van der Waals surface area contributed by atoms with Crippen LogP contribution < -0.4 is 0 Å². The van der Waals surface area contributed by atoms with Crippen LogP contribution in [0, 0.1) is 44.3 Å². The number of fused-ring (bicyclic) bond motifs is 6. The van der Waals surface area contributed by atoms with Crippen LogP contribution in [0.2, 0.25) is 0 Å². The Morgan fingerprint density at radius 2 is 1.58 bits per heavy atom. The molecule has 0 aromatic rings. The van der Waals surface area contributed by atoms with E-state index in [1.807, 2.05) is 0 Å². The molecule has 5 aliphatic rings. The van der Waals surface area contributed by atoms with E-state index in [0.717, 1.165) is 57.8 Å². The third-order valence-electron chi connectivity index (χ3n) is 12.7. The number of allylic oxidation sites excluding steroid dienone is 3. The monoisotopic (exact) mass is 496 g/mol. The summed E-state index contributed by atoms with van der Waals surface area (Å²) in [6.07, 6.45) is 13.5. The molecule has 0 aromatic carbocycles. The van der Waals surface area contributed by atoms with Gasteiger partial charge in [0.2, 0.25) is 0 Å². The third-order valence-corrected chi connectivity index (χ3v) is 12.7. The smallest absolute Gasteiger partial charge is 0.313 e. The summed E-state index contributed by atoms with van der Waals surface area (Å²) in [6.45, 7) is 18.3. The fourth-order valence-corrected chi connectivity index (χ4v) is 10.3. The molecule has 5 aliphatic carbocycles. The highest BCUT2D eigenvalue weighted by molar-refractivity contribution is 5.80. The van der Waals surface area contributed by atoms with E-state index >= 15 is 0 Å². The van der Waals surface area contributed by atoms with Gasteiger partial charge in [-0.05, 0) is 102 Å². The molecule has 0 amide bonds. The fourth-order valence-electron chi connectivity index (χ4n) is 10.3. The van der Waals surface area contributed by atoms with Crippen LogP contribution in [0.3, 0.4) is 0 Å². The van der Waals surface area contributed by atoms with E-state index in [0.29, 0.717) is 11.8 Å². The van der Waals surface area contributed by atoms with Crippen LogP contribution >= 0.6 is 0 Å². The largest absolute Gasteiger partial charge is 0.481 e. The number of aliphatic carboxylic acids is 1. The molecule has 2 unspecified atom stereocenters. The highest BCUT2D eigenvalue weighted by Crippen LogP contribution is 2.74. The Labute approximate surface area is 218 Å². The van der Waals surface area contributed by atoms with Gasteiger partial charge in [-0.1, -0.05) is 60.6 Å². The van der Waals surface area contributed by atoms with Crippen molar-refractivity contribution in [1.29, 1.82) is 0 Å². The number of carboxylic acids is 1. The molecule has 0 aromatic heterocycles. The van der Waals surface area contributed by atoms with Crippen molar-refractivity contribution in [2.75, 3.05) is 0 Å². The van der Waals surface area contributed by atoms with E-state index in [2.05, 4.69) is 60.6 Å². The number of hydrogen-bond acceptors (Lipinski definition) is 3. The van der Waals surface area contributed by atoms with Gasteiger partial charge in [-0.25, -0.2) is 0 Å². The summed E-state index contributed by atoms with van der Waals surface area (Å²) in [5, 5.41) is 10.5. The van der Waals surface area contributed by atoms with Crippen molar-refractivity contribution >= 4 is 11.9 Å². The van der Waals surface area contributed by atoms with Crippen LogP contribution in [0.5, 0.6) is 0 Å². The molecule has 200 valence electrons. The molecule has 3 saturated carbocycles. The zero-order valence-corrected chi connectivity index (χ0v) is 23.9. The Bertz CT molecular complexity index is 1050. The Hall–Kier alpha value is -1.58. The first-order chi connectivity index (χ1) is 16.5. The predicted octanol–water partition coefficient (Wildman–Crippen LogP) is 7.72. The van der Waals surface area contributed by atoms with E-state index in [9.17, 15) is 14.7 Å².